The van der Waals surface area contributed by atoms with Crippen molar-refractivity contribution in [3.8, 4) is 17.6 Å². The second kappa shape index (κ2) is 11.2. The zero-order valence-electron chi connectivity index (χ0n) is 12.1. The van der Waals surface area contributed by atoms with E-state index in [0.717, 1.165) is 30.9 Å². The molecule has 0 amide bonds. The van der Waals surface area contributed by atoms with Crippen molar-refractivity contribution in [3.05, 3.63) is 24.3 Å². The van der Waals surface area contributed by atoms with Crippen LogP contribution in [0.1, 0.15) is 19.8 Å². The van der Waals surface area contributed by atoms with E-state index in [9.17, 15) is 0 Å². The van der Waals surface area contributed by atoms with Crippen molar-refractivity contribution in [2.24, 2.45) is 0 Å². The molecule has 110 valence electrons. The summed E-state index contributed by atoms with van der Waals surface area (Å²) in [7, 11) is 0. The summed E-state index contributed by atoms with van der Waals surface area (Å²) in [6.07, 6.45) is 1.87. The molecular weight excluding hydrogens is 254 g/mol. The lowest BCUT2D eigenvalue weighted by atomic mass is 10.3. The van der Waals surface area contributed by atoms with Gasteiger partial charge in [0, 0.05) is 18.7 Å². The van der Waals surface area contributed by atoms with Crippen molar-refractivity contribution in [1.29, 1.82) is 0 Å². The van der Waals surface area contributed by atoms with Gasteiger partial charge in [0.25, 0.3) is 0 Å². The van der Waals surface area contributed by atoms with Crippen LogP contribution in [-0.4, -0.2) is 33.0 Å². The molecule has 0 unspecified atom stereocenters. The van der Waals surface area contributed by atoms with Crippen LogP contribution < -0.4 is 10.5 Å². The highest BCUT2D eigenvalue weighted by Crippen LogP contribution is 2.12. The molecule has 0 bridgehead atoms. The molecule has 1 rings (SSSR count). The number of anilines is 1. The Labute approximate surface area is 121 Å². The topological polar surface area (TPSA) is 53.7 Å². The summed E-state index contributed by atoms with van der Waals surface area (Å²) in [6, 6.07) is 7.31. The Morgan fingerprint density at radius 3 is 2.30 bits per heavy atom. The molecule has 0 fully saturated rings. The van der Waals surface area contributed by atoms with Gasteiger partial charge >= 0.3 is 0 Å². The van der Waals surface area contributed by atoms with E-state index in [-0.39, 0.29) is 0 Å². The standard InChI is InChI=1S/C16H23NO3/c1-2-3-4-5-10-18-11-12-19-13-14-20-16-8-6-15(17)7-9-16/h6-9H,4-5,10-14,17H2,1H3. The fourth-order valence-electron chi connectivity index (χ4n) is 1.49. The van der Waals surface area contributed by atoms with Gasteiger partial charge in [0.2, 0.25) is 0 Å². The maximum atomic E-state index is 5.59. The summed E-state index contributed by atoms with van der Waals surface area (Å²) >= 11 is 0. The van der Waals surface area contributed by atoms with E-state index in [1.165, 1.54) is 0 Å². The molecule has 0 saturated heterocycles. The monoisotopic (exact) mass is 277 g/mol. The lowest BCUT2D eigenvalue weighted by Crippen LogP contribution is -2.11. The Kier molecular flexibility index (Phi) is 9.12. The van der Waals surface area contributed by atoms with E-state index in [2.05, 4.69) is 11.8 Å². The van der Waals surface area contributed by atoms with Crippen LogP contribution in [0, 0.1) is 11.8 Å². The molecule has 0 saturated carbocycles. The zero-order valence-corrected chi connectivity index (χ0v) is 12.1. The third-order valence-corrected chi connectivity index (χ3v) is 2.52. The number of hydrogen-bond acceptors (Lipinski definition) is 4. The second-order valence-corrected chi connectivity index (χ2v) is 4.17. The van der Waals surface area contributed by atoms with Crippen LogP contribution in [0.5, 0.6) is 5.75 Å². The highest BCUT2D eigenvalue weighted by Gasteiger charge is 1.94. The van der Waals surface area contributed by atoms with Gasteiger partial charge in [-0.05, 0) is 37.6 Å². The fourth-order valence-corrected chi connectivity index (χ4v) is 1.49. The number of unbranched alkanes of at least 4 members (excludes halogenated alkanes) is 1. The molecular formula is C16H23NO3. The van der Waals surface area contributed by atoms with Crippen molar-refractivity contribution in [2.75, 3.05) is 38.8 Å². The van der Waals surface area contributed by atoms with E-state index in [1.54, 1.807) is 0 Å². The first-order valence-electron chi connectivity index (χ1n) is 6.86. The summed E-state index contributed by atoms with van der Waals surface area (Å²) in [5.74, 6) is 6.66. The Bertz CT molecular complexity index is 406. The fraction of sp³-hybridized carbons (Fsp3) is 0.500. The number of rotatable bonds is 10. The van der Waals surface area contributed by atoms with Gasteiger partial charge in [0.05, 0.1) is 19.8 Å². The van der Waals surface area contributed by atoms with E-state index < -0.39 is 0 Å². The highest BCUT2D eigenvalue weighted by atomic mass is 16.5. The molecule has 0 aromatic heterocycles. The first-order chi connectivity index (χ1) is 9.83. The predicted octanol–water partition coefficient (Wildman–Crippen LogP) is 2.48. The summed E-state index contributed by atoms with van der Waals surface area (Å²) in [5, 5.41) is 0. The number of hydrogen-bond donors (Lipinski definition) is 1. The van der Waals surface area contributed by atoms with Gasteiger partial charge in [-0.1, -0.05) is 0 Å². The van der Waals surface area contributed by atoms with Gasteiger partial charge in [-0.25, -0.2) is 0 Å². The average Bonchev–Trinajstić information content (AvgIpc) is 2.47. The molecule has 0 spiro atoms. The first-order valence-corrected chi connectivity index (χ1v) is 6.86. The minimum atomic E-state index is 0.524. The first kappa shape index (κ1) is 16.4. The quantitative estimate of drug-likeness (QED) is 0.405. The molecule has 0 aliphatic rings. The van der Waals surface area contributed by atoms with E-state index in [4.69, 9.17) is 19.9 Å². The summed E-state index contributed by atoms with van der Waals surface area (Å²) in [5.41, 5.74) is 6.32. The summed E-state index contributed by atoms with van der Waals surface area (Å²) in [4.78, 5) is 0. The maximum absolute atomic E-state index is 5.59. The summed E-state index contributed by atoms with van der Waals surface area (Å²) < 4.78 is 16.3. The van der Waals surface area contributed by atoms with E-state index in [1.807, 2.05) is 31.2 Å². The van der Waals surface area contributed by atoms with Gasteiger partial charge in [0.15, 0.2) is 0 Å². The third-order valence-electron chi connectivity index (χ3n) is 2.52. The molecule has 4 heteroatoms. The largest absolute Gasteiger partial charge is 0.491 e. The highest BCUT2D eigenvalue weighted by molar-refractivity contribution is 5.41. The van der Waals surface area contributed by atoms with Crippen LogP contribution in [0.2, 0.25) is 0 Å². The normalized spacial score (nSPS) is 9.85. The van der Waals surface area contributed by atoms with Gasteiger partial charge in [-0.15, -0.1) is 11.8 Å². The van der Waals surface area contributed by atoms with Crippen molar-refractivity contribution in [2.45, 2.75) is 19.8 Å². The molecule has 0 aliphatic heterocycles. The maximum Gasteiger partial charge on any atom is 0.119 e. The number of nitrogen functional groups attached to an aromatic ring is 1. The number of benzene rings is 1. The molecule has 1 aromatic carbocycles. The second-order valence-electron chi connectivity index (χ2n) is 4.17. The van der Waals surface area contributed by atoms with Crippen LogP contribution in [0.4, 0.5) is 5.69 Å². The van der Waals surface area contributed by atoms with Crippen molar-refractivity contribution in [1.82, 2.24) is 0 Å². The minimum Gasteiger partial charge on any atom is -0.491 e. The predicted molar refractivity (Wildman–Crippen MR) is 80.7 cm³/mol. The minimum absolute atomic E-state index is 0.524. The van der Waals surface area contributed by atoms with E-state index in [0.29, 0.717) is 26.4 Å². The number of nitrogens with two attached hydrogens (primary N) is 1. The lowest BCUT2D eigenvalue weighted by molar-refractivity contribution is 0.0360. The molecule has 20 heavy (non-hydrogen) atoms. The molecule has 2 N–H and O–H groups in total. The molecule has 0 atom stereocenters. The van der Waals surface area contributed by atoms with Crippen LogP contribution in [-0.2, 0) is 9.47 Å². The Balaban J connectivity index is 1.87. The van der Waals surface area contributed by atoms with Crippen molar-refractivity contribution in [3.63, 3.8) is 0 Å². The van der Waals surface area contributed by atoms with Gasteiger partial charge < -0.3 is 19.9 Å². The molecule has 0 aliphatic carbocycles. The van der Waals surface area contributed by atoms with Crippen LogP contribution in [0.15, 0.2) is 24.3 Å². The smallest absolute Gasteiger partial charge is 0.119 e. The number of ether oxygens (including phenoxy) is 3. The Hall–Kier alpha value is -1.70. The van der Waals surface area contributed by atoms with Crippen LogP contribution in [0.3, 0.4) is 0 Å². The third kappa shape index (κ3) is 8.41. The molecule has 0 heterocycles. The SMILES string of the molecule is CC#CCCCOCCOCCOc1ccc(N)cc1. The van der Waals surface area contributed by atoms with Crippen molar-refractivity contribution < 1.29 is 14.2 Å². The van der Waals surface area contributed by atoms with Gasteiger partial charge in [0.1, 0.15) is 12.4 Å². The summed E-state index contributed by atoms with van der Waals surface area (Å²) in [6.45, 7) is 4.86. The van der Waals surface area contributed by atoms with E-state index >= 15 is 0 Å². The van der Waals surface area contributed by atoms with Crippen molar-refractivity contribution >= 4 is 5.69 Å². The molecule has 4 nitrogen and oxygen atoms in total. The van der Waals surface area contributed by atoms with Crippen LogP contribution >= 0.6 is 0 Å². The molecule has 0 radical (unpaired) electrons. The van der Waals surface area contributed by atoms with Gasteiger partial charge in [-0.2, -0.15) is 0 Å². The Morgan fingerprint density at radius 1 is 0.950 bits per heavy atom. The lowest BCUT2D eigenvalue weighted by Gasteiger charge is -2.07. The zero-order chi connectivity index (χ0) is 14.5. The van der Waals surface area contributed by atoms with Gasteiger partial charge in [-0.3, -0.25) is 0 Å². The van der Waals surface area contributed by atoms with Crippen LogP contribution in [0.25, 0.3) is 0 Å². The molecule has 1 aromatic rings. The Morgan fingerprint density at radius 2 is 1.60 bits per heavy atom. The average molecular weight is 277 g/mol.